The number of fused-ring (bicyclic) bond motifs is 2. The van der Waals surface area contributed by atoms with E-state index in [-0.39, 0.29) is 17.7 Å². The second kappa shape index (κ2) is 9.46. The van der Waals surface area contributed by atoms with Crippen molar-refractivity contribution >= 4 is 23.6 Å². The first-order valence-corrected chi connectivity index (χ1v) is 14.1. The molecule has 0 radical (unpaired) electrons. The number of likely N-dealkylation sites (tertiary alicyclic amines) is 1. The fraction of sp³-hybridized carbons (Fsp3) is 0.920. The van der Waals surface area contributed by atoms with Crippen LogP contribution >= 0.6 is 11.8 Å². The molecule has 0 bridgehead atoms. The van der Waals surface area contributed by atoms with Crippen molar-refractivity contribution in [3.63, 3.8) is 0 Å². The normalized spacial score (nSPS) is 47.0. The van der Waals surface area contributed by atoms with Gasteiger partial charge in [0.05, 0.1) is 0 Å². The molecule has 180 valence electrons. The number of hydrogen-bond acceptors (Lipinski definition) is 5. The van der Waals surface area contributed by atoms with Crippen LogP contribution in [0.4, 0.5) is 0 Å². The van der Waals surface area contributed by atoms with Gasteiger partial charge in [-0.05, 0) is 76.0 Å². The minimum atomic E-state index is 0.0728. The highest BCUT2D eigenvalue weighted by Crippen LogP contribution is 2.45. The predicted octanol–water partition coefficient (Wildman–Crippen LogP) is 2.58. The van der Waals surface area contributed by atoms with Gasteiger partial charge in [-0.2, -0.15) is 0 Å². The van der Waals surface area contributed by atoms with Crippen molar-refractivity contribution in [3.8, 4) is 0 Å². The smallest absolute Gasteiger partial charge is 0.225 e. The van der Waals surface area contributed by atoms with Gasteiger partial charge in [0, 0.05) is 60.7 Å². The van der Waals surface area contributed by atoms with E-state index in [0.717, 1.165) is 57.4 Å². The number of hydrogen-bond donors (Lipinski definition) is 3. The molecular formula is C25H42N4O2S. The van der Waals surface area contributed by atoms with Crippen molar-refractivity contribution in [1.82, 2.24) is 20.9 Å². The number of piperidine rings is 2. The number of amides is 2. The Hall–Kier alpha value is -0.790. The summed E-state index contributed by atoms with van der Waals surface area (Å²) in [5, 5.41) is 11.3. The highest BCUT2D eigenvalue weighted by Gasteiger charge is 2.48. The molecule has 3 aliphatic heterocycles. The summed E-state index contributed by atoms with van der Waals surface area (Å²) in [5.41, 5.74) is 0. The van der Waals surface area contributed by atoms with Crippen molar-refractivity contribution in [1.29, 1.82) is 0 Å². The molecule has 0 aromatic heterocycles. The summed E-state index contributed by atoms with van der Waals surface area (Å²) in [7, 11) is 2.02. The van der Waals surface area contributed by atoms with Gasteiger partial charge in [-0.1, -0.05) is 6.92 Å². The molecule has 2 aliphatic carbocycles. The van der Waals surface area contributed by atoms with Crippen LogP contribution in [0.15, 0.2) is 0 Å². The van der Waals surface area contributed by atoms with Crippen molar-refractivity contribution < 1.29 is 9.59 Å². The predicted molar refractivity (Wildman–Crippen MR) is 129 cm³/mol. The van der Waals surface area contributed by atoms with Crippen LogP contribution in [0.1, 0.15) is 65.2 Å². The van der Waals surface area contributed by atoms with Gasteiger partial charge in [-0.25, -0.2) is 0 Å². The van der Waals surface area contributed by atoms with Crippen LogP contribution in [-0.4, -0.2) is 65.6 Å². The summed E-state index contributed by atoms with van der Waals surface area (Å²) < 4.78 is 0. The van der Waals surface area contributed by atoms with E-state index in [0.29, 0.717) is 53.1 Å². The van der Waals surface area contributed by atoms with E-state index in [1.807, 2.05) is 18.8 Å². The third-order valence-corrected chi connectivity index (χ3v) is 10.8. The Kier molecular flexibility index (Phi) is 6.79. The molecule has 7 heteroatoms. The van der Waals surface area contributed by atoms with Crippen LogP contribution in [0.3, 0.4) is 0 Å². The van der Waals surface area contributed by atoms with Gasteiger partial charge in [0.1, 0.15) is 0 Å². The van der Waals surface area contributed by atoms with Crippen molar-refractivity contribution in [2.24, 2.45) is 29.6 Å². The molecule has 6 nitrogen and oxygen atoms in total. The van der Waals surface area contributed by atoms with Gasteiger partial charge in [0.2, 0.25) is 11.8 Å². The lowest BCUT2D eigenvalue weighted by atomic mass is 9.64. The van der Waals surface area contributed by atoms with Crippen LogP contribution in [0.25, 0.3) is 0 Å². The molecule has 32 heavy (non-hydrogen) atoms. The Balaban J connectivity index is 1.21. The fourth-order valence-corrected chi connectivity index (χ4v) is 8.82. The molecule has 5 fully saturated rings. The number of carbonyl (C=O) groups excluding carboxylic acids is 2. The molecule has 5 aliphatic rings. The van der Waals surface area contributed by atoms with E-state index in [1.165, 1.54) is 6.42 Å². The molecule has 0 aromatic carbocycles. The molecule has 3 N–H and O–H groups in total. The van der Waals surface area contributed by atoms with Crippen LogP contribution in [0.5, 0.6) is 0 Å². The summed E-state index contributed by atoms with van der Waals surface area (Å²) in [4.78, 5) is 28.8. The van der Waals surface area contributed by atoms with Gasteiger partial charge in [0.25, 0.3) is 0 Å². The SMILES string of the molecule is CC1CC2C(CN1)CC(C1CC(C(=O)NC3CCC4NCSC4C3)CCC1C)C(=O)N2C. The molecule has 3 heterocycles. The Morgan fingerprint density at radius 3 is 2.75 bits per heavy atom. The zero-order valence-corrected chi connectivity index (χ0v) is 20.8. The van der Waals surface area contributed by atoms with Crippen LogP contribution in [0.2, 0.25) is 0 Å². The molecule has 10 atom stereocenters. The zero-order chi connectivity index (χ0) is 22.4. The summed E-state index contributed by atoms with van der Waals surface area (Å²) in [6, 6.07) is 1.83. The summed E-state index contributed by atoms with van der Waals surface area (Å²) in [6.07, 6.45) is 8.33. The van der Waals surface area contributed by atoms with Gasteiger partial charge < -0.3 is 20.9 Å². The highest BCUT2D eigenvalue weighted by atomic mass is 32.2. The topological polar surface area (TPSA) is 73.5 Å². The van der Waals surface area contributed by atoms with Crippen LogP contribution in [0, 0.1) is 29.6 Å². The van der Waals surface area contributed by atoms with Gasteiger partial charge in [-0.3, -0.25) is 9.59 Å². The molecule has 2 saturated carbocycles. The third-order valence-electron chi connectivity index (χ3n) is 9.51. The van der Waals surface area contributed by atoms with E-state index in [4.69, 9.17) is 0 Å². The van der Waals surface area contributed by atoms with Crippen LogP contribution < -0.4 is 16.0 Å². The van der Waals surface area contributed by atoms with E-state index >= 15 is 0 Å². The standard InChI is InChI=1S/C25H42N4O2S/c1-14-4-5-16(24(30)28-18-6-7-21-23(11-18)32-13-27-21)9-19(14)20-10-17-12-26-15(2)8-22(17)29(3)25(20)31/h14-23,26-27H,4-13H2,1-3H3,(H,28,30). The number of nitrogens with one attached hydrogen (secondary N) is 3. The molecule has 10 unspecified atom stereocenters. The first-order chi connectivity index (χ1) is 15.4. The van der Waals surface area contributed by atoms with Gasteiger partial charge in [0.15, 0.2) is 0 Å². The van der Waals surface area contributed by atoms with E-state index < -0.39 is 0 Å². The van der Waals surface area contributed by atoms with Crippen molar-refractivity contribution in [2.75, 3.05) is 19.5 Å². The molecule has 0 aromatic rings. The number of nitrogens with zero attached hydrogens (tertiary/aromatic N) is 1. The Bertz CT molecular complexity index is 720. The van der Waals surface area contributed by atoms with Gasteiger partial charge in [-0.15, -0.1) is 11.8 Å². The van der Waals surface area contributed by atoms with Crippen LogP contribution in [-0.2, 0) is 9.59 Å². The Morgan fingerprint density at radius 1 is 1.06 bits per heavy atom. The highest BCUT2D eigenvalue weighted by molar-refractivity contribution is 8.00. The minimum absolute atomic E-state index is 0.0728. The van der Waals surface area contributed by atoms with Gasteiger partial charge >= 0.3 is 0 Å². The number of carbonyl (C=O) groups is 2. The molecular weight excluding hydrogens is 420 g/mol. The number of rotatable bonds is 3. The number of thioether (sulfide) groups is 1. The second-order valence-electron chi connectivity index (χ2n) is 11.5. The maximum atomic E-state index is 13.4. The van der Waals surface area contributed by atoms with Crippen molar-refractivity contribution in [2.45, 2.75) is 94.6 Å². The molecule has 0 spiro atoms. The largest absolute Gasteiger partial charge is 0.353 e. The van der Waals surface area contributed by atoms with E-state index in [9.17, 15) is 9.59 Å². The Labute approximate surface area is 197 Å². The minimum Gasteiger partial charge on any atom is -0.353 e. The molecule has 5 rings (SSSR count). The Morgan fingerprint density at radius 2 is 1.91 bits per heavy atom. The average molecular weight is 463 g/mol. The third kappa shape index (κ3) is 4.46. The van der Waals surface area contributed by atoms with E-state index in [2.05, 4.69) is 34.7 Å². The lowest BCUT2D eigenvalue weighted by Crippen LogP contribution is -2.60. The van der Waals surface area contributed by atoms with E-state index in [1.54, 1.807) is 0 Å². The lowest BCUT2D eigenvalue weighted by molar-refractivity contribution is -0.149. The lowest BCUT2D eigenvalue weighted by Gasteiger charge is -2.50. The quantitative estimate of drug-likeness (QED) is 0.601. The monoisotopic (exact) mass is 462 g/mol. The second-order valence-corrected chi connectivity index (χ2v) is 12.7. The van der Waals surface area contributed by atoms with Crippen molar-refractivity contribution in [3.05, 3.63) is 0 Å². The molecule has 2 amide bonds. The zero-order valence-electron chi connectivity index (χ0n) is 20.0. The maximum absolute atomic E-state index is 13.4. The average Bonchev–Trinajstić information content (AvgIpc) is 3.25. The summed E-state index contributed by atoms with van der Waals surface area (Å²) >= 11 is 2.01. The maximum Gasteiger partial charge on any atom is 0.225 e. The fourth-order valence-electron chi connectivity index (χ4n) is 7.47. The molecule has 3 saturated heterocycles. The first-order valence-electron chi connectivity index (χ1n) is 13.1. The first kappa shape index (κ1) is 23.0. The summed E-state index contributed by atoms with van der Waals surface area (Å²) in [5.74, 6) is 3.20. The summed E-state index contributed by atoms with van der Waals surface area (Å²) in [6.45, 7) is 5.55.